The first kappa shape index (κ1) is 18.8. The van der Waals surface area contributed by atoms with Gasteiger partial charge in [0.2, 0.25) is 11.8 Å². The zero-order valence-electron chi connectivity index (χ0n) is 14.8. The lowest BCUT2D eigenvalue weighted by molar-refractivity contribution is -0.119. The van der Waals surface area contributed by atoms with Crippen LogP contribution in [0.5, 0.6) is 0 Å². The van der Waals surface area contributed by atoms with Gasteiger partial charge < -0.3 is 15.5 Å². The van der Waals surface area contributed by atoms with Crippen LogP contribution in [0.1, 0.15) is 35.2 Å². The van der Waals surface area contributed by atoms with Crippen LogP contribution in [0.15, 0.2) is 24.3 Å². The maximum atomic E-state index is 12.2. The van der Waals surface area contributed by atoms with Crippen molar-refractivity contribution in [2.75, 3.05) is 31.1 Å². The minimum Gasteiger partial charge on any atom is -0.355 e. The van der Waals surface area contributed by atoms with Crippen LogP contribution >= 0.6 is 11.8 Å². The minimum atomic E-state index is -0.106. The number of rotatable bonds is 9. The topological polar surface area (TPSA) is 78.5 Å². The molecule has 0 unspecified atom stereocenters. The zero-order valence-corrected chi connectivity index (χ0v) is 15.6. The highest BCUT2D eigenvalue weighted by atomic mass is 32.2. The standard InChI is InChI=1S/C19H25N3O3S/c23-17(12-26-13-18(24)21-10-14-4-3-5-14)20-8-9-22-11-15-6-1-2-7-16(15)19(22)25/h1-2,6-7,14H,3-5,8-13H2,(H,20,23)(H,21,24). The van der Waals surface area contributed by atoms with Crippen LogP contribution in [-0.2, 0) is 16.1 Å². The van der Waals surface area contributed by atoms with Crippen LogP contribution in [-0.4, -0.2) is 53.8 Å². The molecule has 0 aromatic heterocycles. The molecule has 3 rings (SSSR count). The van der Waals surface area contributed by atoms with Gasteiger partial charge >= 0.3 is 0 Å². The van der Waals surface area contributed by atoms with Gasteiger partial charge in [-0.25, -0.2) is 0 Å². The molecule has 7 heteroatoms. The second-order valence-corrected chi connectivity index (χ2v) is 7.81. The van der Waals surface area contributed by atoms with Crippen molar-refractivity contribution >= 4 is 29.5 Å². The van der Waals surface area contributed by atoms with Gasteiger partial charge in [0.15, 0.2) is 0 Å². The van der Waals surface area contributed by atoms with E-state index < -0.39 is 0 Å². The molecule has 2 N–H and O–H groups in total. The average molecular weight is 375 g/mol. The fourth-order valence-electron chi connectivity index (χ4n) is 3.12. The summed E-state index contributed by atoms with van der Waals surface area (Å²) in [4.78, 5) is 37.5. The van der Waals surface area contributed by atoms with Crippen molar-refractivity contribution in [3.63, 3.8) is 0 Å². The van der Waals surface area contributed by atoms with Gasteiger partial charge in [-0.1, -0.05) is 24.6 Å². The van der Waals surface area contributed by atoms with Gasteiger partial charge in [0.25, 0.3) is 5.91 Å². The first-order valence-electron chi connectivity index (χ1n) is 9.12. The van der Waals surface area contributed by atoms with E-state index in [9.17, 15) is 14.4 Å². The number of carbonyl (C=O) groups excluding carboxylic acids is 3. The van der Waals surface area contributed by atoms with Crippen molar-refractivity contribution in [2.24, 2.45) is 5.92 Å². The molecule has 0 saturated heterocycles. The van der Waals surface area contributed by atoms with Gasteiger partial charge in [-0.2, -0.15) is 0 Å². The predicted molar refractivity (Wildman–Crippen MR) is 102 cm³/mol. The largest absolute Gasteiger partial charge is 0.355 e. The third-order valence-electron chi connectivity index (χ3n) is 4.88. The molecule has 26 heavy (non-hydrogen) atoms. The number of fused-ring (bicyclic) bond motifs is 1. The molecular formula is C19H25N3O3S. The SMILES string of the molecule is O=C(CSCC(=O)NCC1CCC1)NCCN1Cc2ccccc2C1=O. The van der Waals surface area contributed by atoms with E-state index in [0.717, 1.165) is 17.7 Å². The van der Waals surface area contributed by atoms with Crippen LogP contribution in [0.4, 0.5) is 0 Å². The second-order valence-electron chi connectivity index (χ2n) is 6.83. The van der Waals surface area contributed by atoms with E-state index in [0.29, 0.717) is 31.3 Å². The number of nitrogens with one attached hydrogen (secondary N) is 2. The molecule has 1 saturated carbocycles. The van der Waals surface area contributed by atoms with Crippen LogP contribution < -0.4 is 10.6 Å². The molecule has 1 aromatic rings. The maximum absolute atomic E-state index is 12.2. The Morgan fingerprint density at radius 2 is 1.85 bits per heavy atom. The van der Waals surface area contributed by atoms with E-state index in [1.54, 1.807) is 4.90 Å². The van der Waals surface area contributed by atoms with Crippen LogP contribution in [0, 0.1) is 5.92 Å². The van der Waals surface area contributed by atoms with E-state index in [-0.39, 0.29) is 23.5 Å². The van der Waals surface area contributed by atoms with E-state index in [1.807, 2.05) is 24.3 Å². The summed E-state index contributed by atoms with van der Waals surface area (Å²) in [6, 6.07) is 7.58. The van der Waals surface area contributed by atoms with Crippen molar-refractivity contribution < 1.29 is 14.4 Å². The number of amides is 3. The lowest BCUT2D eigenvalue weighted by Crippen LogP contribution is -2.36. The molecule has 1 aromatic carbocycles. The Labute approximate surface area is 158 Å². The second kappa shape index (κ2) is 9.07. The molecule has 2 aliphatic rings. The van der Waals surface area contributed by atoms with Crippen molar-refractivity contribution in [1.29, 1.82) is 0 Å². The molecular weight excluding hydrogens is 350 g/mol. The summed E-state index contributed by atoms with van der Waals surface area (Å²) in [7, 11) is 0. The molecule has 0 radical (unpaired) electrons. The lowest BCUT2D eigenvalue weighted by Gasteiger charge is -2.25. The van der Waals surface area contributed by atoms with Crippen LogP contribution in [0.3, 0.4) is 0 Å². The average Bonchev–Trinajstić information content (AvgIpc) is 2.90. The third-order valence-corrected chi connectivity index (χ3v) is 5.81. The molecule has 140 valence electrons. The Bertz CT molecular complexity index is 676. The monoisotopic (exact) mass is 375 g/mol. The predicted octanol–water partition coefficient (Wildman–Crippen LogP) is 1.41. The third kappa shape index (κ3) is 5.00. The van der Waals surface area contributed by atoms with Gasteiger partial charge in [0.1, 0.15) is 0 Å². The highest BCUT2D eigenvalue weighted by Crippen LogP contribution is 2.25. The van der Waals surface area contributed by atoms with Crippen LogP contribution in [0.25, 0.3) is 0 Å². The number of thioether (sulfide) groups is 1. The number of hydrogen-bond donors (Lipinski definition) is 2. The highest BCUT2D eigenvalue weighted by Gasteiger charge is 2.26. The van der Waals surface area contributed by atoms with Crippen molar-refractivity contribution in [3.8, 4) is 0 Å². The number of nitrogens with zero attached hydrogens (tertiary/aromatic N) is 1. The summed E-state index contributed by atoms with van der Waals surface area (Å²) in [6.07, 6.45) is 3.69. The number of hydrogen-bond acceptors (Lipinski definition) is 4. The summed E-state index contributed by atoms with van der Waals surface area (Å²) in [6.45, 7) is 2.28. The van der Waals surface area contributed by atoms with Gasteiger partial charge in [0, 0.05) is 31.7 Å². The summed E-state index contributed by atoms with van der Waals surface area (Å²) in [5.74, 6) is 1.12. The Kier molecular flexibility index (Phi) is 6.55. The lowest BCUT2D eigenvalue weighted by atomic mass is 9.85. The van der Waals surface area contributed by atoms with E-state index >= 15 is 0 Å². The van der Waals surface area contributed by atoms with Crippen molar-refractivity contribution in [1.82, 2.24) is 15.5 Å². The minimum absolute atomic E-state index is 0.00451. The molecule has 1 fully saturated rings. The van der Waals surface area contributed by atoms with E-state index in [2.05, 4.69) is 10.6 Å². The fraction of sp³-hybridized carbons (Fsp3) is 0.526. The van der Waals surface area contributed by atoms with Gasteiger partial charge in [-0.3, -0.25) is 14.4 Å². The van der Waals surface area contributed by atoms with Gasteiger partial charge in [-0.15, -0.1) is 11.8 Å². The molecule has 1 aliphatic heterocycles. The smallest absolute Gasteiger partial charge is 0.254 e. The summed E-state index contributed by atoms with van der Waals surface area (Å²) < 4.78 is 0. The normalized spacial score (nSPS) is 16.2. The number of carbonyl (C=O) groups is 3. The Morgan fingerprint density at radius 1 is 1.12 bits per heavy atom. The maximum Gasteiger partial charge on any atom is 0.254 e. The molecule has 6 nitrogen and oxygen atoms in total. The first-order valence-corrected chi connectivity index (χ1v) is 10.3. The molecule has 0 spiro atoms. The van der Waals surface area contributed by atoms with E-state index in [4.69, 9.17) is 0 Å². The van der Waals surface area contributed by atoms with Crippen LogP contribution in [0.2, 0.25) is 0 Å². The zero-order chi connectivity index (χ0) is 18.4. The Hall–Kier alpha value is -2.02. The first-order chi connectivity index (χ1) is 12.6. The quantitative estimate of drug-likeness (QED) is 0.684. The van der Waals surface area contributed by atoms with Gasteiger partial charge in [-0.05, 0) is 30.4 Å². The van der Waals surface area contributed by atoms with Crippen molar-refractivity contribution in [2.45, 2.75) is 25.8 Å². The summed E-state index contributed by atoms with van der Waals surface area (Å²) in [5, 5.41) is 5.73. The highest BCUT2D eigenvalue weighted by molar-refractivity contribution is 8.00. The molecule has 0 atom stereocenters. The fourth-order valence-corrected chi connectivity index (χ4v) is 3.80. The summed E-state index contributed by atoms with van der Waals surface area (Å²) >= 11 is 1.32. The van der Waals surface area contributed by atoms with E-state index in [1.165, 1.54) is 31.0 Å². The molecule has 1 aliphatic carbocycles. The Balaban J connectivity index is 1.25. The molecule has 0 bridgehead atoms. The molecule has 3 amide bonds. The van der Waals surface area contributed by atoms with Crippen molar-refractivity contribution in [3.05, 3.63) is 35.4 Å². The Morgan fingerprint density at radius 3 is 2.54 bits per heavy atom. The summed E-state index contributed by atoms with van der Waals surface area (Å²) in [5.41, 5.74) is 1.79. The molecule has 1 heterocycles. The number of benzene rings is 1. The van der Waals surface area contributed by atoms with Gasteiger partial charge in [0.05, 0.1) is 11.5 Å².